The van der Waals surface area contributed by atoms with Crippen LogP contribution >= 0.6 is 0 Å². The quantitative estimate of drug-likeness (QED) is 0.762. The molecule has 0 unspecified atom stereocenters. The lowest BCUT2D eigenvalue weighted by atomic mass is 9.86. The Morgan fingerprint density at radius 3 is 2.73 bits per heavy atom. The van der Waals surface area contributed by atoms with Crippen molar-refractivity contribution < 1.29 is 9.52 Å². The molecule has 4 nitrogen and oxygen atoms in total. The van der Waals surface area contributed by atoms with Crippen LogP contribution in [0, 0.1) is 0 Å². The van der Waals surface area contributed by atoms with E-state index >= 15 is 0 Å². The van der Waals surface area contributed by atoms with Crippen LogP contribution in [0.2, 0.25) is 0 Å². The molecule has 26 heavy (non-hydrogen) atoms. The summed E-state index contributed by atoms with van der Waals surface area (Å²) in [6.07, 6.45) is 2.34. The van der Waals surface area contributed by atoms with Gasteiger partial charge >= 0.3 is 0 Å². The second kappa shape index (κ2) is 7.22. The smallest absolute Gasteiger partial charge is 0.196 e. The number of benzene rings is 2. The number of oxazole rings is 1. The van der Waals surface area contributed by atoms with Crippen molar-refractivity contribution in [1.82, 2.24) is 9.88 Å². The fraction of sp³-hybridized carbons (Fsp3) is 0.409. The predicted molar refractivity (Wildman–Crippen MR) is 103 cm³/mol. The molecule has 1 aromatic heterocycles. The van der Waals surface area contributed by atoms with E-state index in [-0.39, 0.29) is 12.0 Å². The summed E-state index contributed by atoms with van der Waals surface area (Å²) in [7, 11) is 0. The van der Waals surface area contributed by atoms with Gasteiger partial charge in [0.15, 0.2) is 5.89 Å². The highest BCUT2D eigenvalue weighted by Crippen LogP contribution is 2.31. The maximum absolute atomic E-state index is 10.8. The third-order valence-corrected chi connectivity index (χ3v) is 5.32. The predicted octanol–water partition coefficient (Wildman–Crippen LogP) is 4.30. The average Bonchev–Trinajstić information content (AvgIpc) is 3.10. The molecule has 0 amide bonds. The average molecular weight is 350 g/mol. The van der Waals surface area contributed by atoms with E-state index in [1.165, 1.54) is 16.3 Å². The van der Waals surface area contributed by atoms with Gasteiger partial charge in [-0.25, -0.2) is 4.98 Å². The Labute approximate surface area is 154 Å². The van der Waals surface area contributed by atoms with Gasteiger partial charge in [-0.15, -0.1) is 0 Å². The molecule has 2 atom stereocenters. The Hall–Kier alpha value is -2.17. The summed E-state index contributed by atoms with van der Waals surface area (Å²) in [5.41, 5.74) is 2.18. The third kappa shape index (κ3) is 3.53. The number of β-amino-alcohol motifs (C(OH)–C–C–N with tert-alkyl or cyclic N) is 1. The molecule has 4 rings (SSSR count). The number of hydrogen-bond acceptors (Lipinski definition) is 4. The summed E-state index contributed by atoms with van der Waals surface area (Å²) < 4.78 is 5.53. The number of aliphatic hydroxyl groups excluding tert-OH is 1. The molecule has 0 radical (unpaired) electrons. The molecule has 0 bridgehead atoms. The molecule has 0 saturated carbocycles. The van der Waals surface area contributed by atoms with Gasteiger partial charge in [0.1, 0.15) is 6.26 Å². The normalized spacial score (nSPS) is 21.5. The summed E-state index contributed by atoms with van der Waals surface area (Å²) >= 11 is 0. The number of nitrogens with zero attached hydrogens (tertiary/aromatic N) is 2. The Morgan fingerprint density at radius 2 is 2.00 bits per heavy atom. The molecule has 2 aromatic carbocycles. The number of aliphatic hydroxyl groups is 1. The lowest BCUT2D eigenvalue weighted by Crippen LogP contribution is -2.42. The topological polar surface area (TPSA) is 49.5 Å². The summed E-state index contributed by atoms with van der Waals surface area (Å²) in [5, 5.41) is 13.2. The summed E-state index contributed by atoms with van der Waals surface area (Å²) in [5.74, 6) is 1.28. The zero-order chi connectivity index (χ0) is 18.1. The number of aromatic nitrogens is 1. The second-order valence-corrected chi connectivity index (χ2v) is 7.64. The highest BCUT2D eigenvalue weighted by atomic mass is 16.3. The minimum atomic E-state index is -0.360. The molecule has 1 aliphatic heterocycles. The van der Waals surface area contributed by atoms with Gasteiger partial charge in [-0.2, -0.15) is 0 Å². The van der Waals surface area contributed by atoms with Crippen molar-refractivity contribution >= 4 is 10.8 Å². The first-order valence-electron chi connectivity index (χ1n) is 9.43. The lowest BCUT2D eigenvalue weighted by Gasteiger charge is -2.35. The van der Waals surface area contributed by atoms with Crippen molar-refractivity contribution in [2.24, 2.45) is 0 Å². The Balaban J connectivity index is 1.43. The van der Waals surface area contributed by atoms with Gasteiger partial charge in [0.25, 0.3) is 0 Å². The number of hydrogen-bond donors (Lipinski definition) is 1. The van der Waals surface area contributed by atoms with Gasteiger partial charge in [-0.1, -0.05) is 56.3 Å². The van der Waals surface area contributed by atoms with Crippen LogP contribution in [0.1, 0.15) is 49.3 Å². The van der Waals surface area contributed by atoms with Crippen LogP contribution in [0.4, 0.5) is 0 Å². The standard InChI is InChI=1S/C22H26N2O2/c1-15(2)22-23-19(14-26-22)12-24-10-9-20(21(25)13-24)18-8-7-16-5-3-4-6-17(16)11-18/h3-8,11,14-15,20-21,25H,9-10,12-13H2,1-2H3/t20-,21+/m0/s1. The van der Waals surface area contributed by atoms with E-state index in [2.05, 4.69) is 66.2 Å². The van der Waals surface area contributed by atoms with Crippen LogP contribution in [0.3, 0.4) is 0 Å². The molecule has 3 aromatic rings. The zero-order valence-electron chi connectivity index (χ0n) is 15.4. The van der Waals surface area contributed by atoms with Gasteiger partial charge in [-0.3, -0.25) is 4.90 Å². The van der Waals surface area contributed by atoms with E-state index < -0.39 is 0 Å². The summed E-state index contributed by atoms with van der Waals surface area (Å²) in [4.78, 5) is 6.82. The molecule has 0 aliphatic carbocycles. The fourth-order valence-corrected chi connectivity index (χ4v) is 3.86. The van der Waals surface area contributed by atoms with Crippen molar-refractivity contribution in [2.75, 3.05) is 13.1 Å². The molecule has 1 aliphatic rings. The number of fused-ring (bicyclic) bond motifs is 1. The molecule has 1 fully saturated rings. The van der Waals surface area contributed by atoms with Gasteiger partial charge in [0, 0.05) is 24.9 Å². The van der Waals surface area contributed by atoms with Gasteiger partial charge in [0.05, 0.1) is 11.8 Å². The molecule has 2 heterocycles. The molecular weight excluding hydrogens is 324 g/mol. The van der Waals surface area contributed by atoms with Gasteiger partial charge in [0.2, 0.25) is 0 Å². The monoisotopic (exact) mass is 350 g/mol. The van der Waals surface area contributed by atoms with E-state index in [4.69, 9.17) is 4.42 Å². The van der Waals surface area contributed by atoms with Crippen LogP contribution in [0.5, 0.6) is 0 Å². The second-order valence-electron chi connectivity index (χ2n) is 7.64. The third-order valence-electron chi connectivity index (χ3n) is 5.32. The van der Waals surface area contributed by atoms with Gasteiger partial charge in [-0.05, 0) is 29.3 Å². The fourth-order valence-electron chi connectivity index (χ4n) is 3.86. The molecule has 0 spiro atoms. The maximum atomic E-state index is 10.8. The van der Waals surface area contributed by atoms with Crippen LogP contribution < -0.4 is 0 Å². The Morgan fingerprint density at radius 1 is 1.19 bits per heavy atom. The van der Waals surface area contributed by atoms with Crippen molar-refractivity contribution in [1.29, 1.82) is 0 Å². The molecular formula is C22H26N2O2. The number of piperidine rings is 1. The van der Waals surface area contributed by atoms with E-state index in [0.717, 1.165) is 31.1 Å². The maximum Gasteiger partial charge on any atom is 0.196 e. The van der Waals surface area contributed by atoms with E-state index in [1.54, 1.807) is 6.26 Å². The first-order valence-corrected chi connectivity index (χ1v) is 9.43. The number of rotatable bonds is 4. The van der Waals surface area contributed by atoms with Gasteiger partial charge < -0.3 is 9.52 Å². The van der Waals surface area contributed by atoms with Crippen LogP contribution in [0.15, 0.2) is 53.1 Å². The Bertz CT molecular complexity index is 886. The molecule has 136 valence electrons. The van der Waals surface area contributed by atoms with Crippen molar-refractivity contribution in [3.8, 4) is 0 Å². The number of likely N-dealkylation sites (tertiary alicyclic amines) is 1. The van der Waals surface area contributed by atoms with Crippen LogP contribution in [-0.4, -0.2) is 34.2 Å². The Kier molecular flexibility index (Phi) is 4.79. The van der Waals surface area contributed by atoms with E-state index in [0.29, 0.717) is 12.5 Å². The van der Waals surface area contributed by atoms with Crippen LogP contribution in [0.25, 0.3) is 10.8 Å². The van der Waals surface area contributed by atoms with E-state index in [9.17, 15) is 5.11 Å². The minimum absolute atomic E-state index is 0.194. The molecule has 4 heteroatoms. The van der Waals surface area contributed by atoms with Crippen molar-refractivity contribution in [3.05, 3.63) is 65.9 Å². The SMILES string of the molecule is CC(C)c1nc(CN2CC[C@@H](c3ccc4ccccc4c3)[C@H](O)C2)co1. The van der Waals surface area contributed by atoms with Crippen molar-refractivity contribution in [3.63, 3.8) is 0 Å². The van der Waals surface area contributed by atoms with Crippen LogP contribution in [-0.2, 0) is 6.54 Å². The summed E-state index contributed by atoms with van der Waals surface area (Å²) in [6, 6.07) is 14.9. The lowest BCUT2D eigenvalue weighted by molar-refractivity contribution is 0.0471. The van der Waals surface area contributed by atoms with Crippen molar-refractivity contribution in [2.45, 2.75) is 44.8 Å². The summed E-state index contributed by atoms with van der Waals surface area (Å²) in [6.45, 7) is 6.51. The minimum Gasteiger partial charge on any atom is -0.448 e. The zero-order valence-corrected chi connectivity index (χ0v) is 15.4. The highest BCUT2D eigenvalue weighted by Gasteiger charge is 2.29. The van der Waals surface area contributed by atoms with E-state index in [1.807, 2.05) is 0 Å². The molecule has 1 saturated heterocycles. The highest BCUT2D eigenvalue weighted by molar-refractivity contribution is 5.83. The first-order chi connectivity index (χ1) is 12.6. The first kappa shape index (κ1) is 17.3. The molecule has 1 N–H and O–H groups in total. The largest absolute Gasteiger partial charge is 0.448 e.